The Kier molecular flexibility index (Phi) is 6.11. The first-order chi connectivity index (χ1) is 17.0. The van der Waals surface area contributed by atoms with Crippen LogP contribution in [0.5, 0.6) is 5.75 Å². The first-order valence-corrected chi connectivity index (χ1v) is 11.3. The average Bonchev–Trinajstić information content (AvgIpc) is 3.23. The molecule has 0 bridgehead atoms. The van der Waals surface area contributed by atoms with Gasteiger partial charge in [-0.2, -0.15) is 0 Å². The minimum absolute atomic E-state index is 0.0948. The van der Waals surface area contributed by atoms with Gasteiger partial charge in [-0.15, -0.1) is 0 Å². The molecule has 0 spiro atoms. The van der Waals surface area contributed by atoms with Gasteiger partial charge in [0.15, 0.2) is 5.65 Å². The molecular weight excluding hydrogens is 462 g/mol. The van der Waals surface area contributed by atoms with Crippen molar-refractivity contribution in [3.05, 3.63) is 111 Å². The van der Waals surface area contributed by atoms with E-state index in [1.54, 1.807) is 24.3 Å². The smallest absolute Gasteiger partial charge is 0.280 e. The SMILES string of the molecule is O=c1c(-c2ccc(C#CCO)cc2O)cnc2c(-c3ccc(Cl)cc3)c(Cc3ccccc3)[nH]n12. The zero-order chi connectivity index (χ0) is 24.4. The lowest BCUT2D eigenvalue weighted by Crippen LogP contribution is -2.17. The van der Waals surface area contributed by atoms with Gasteiger partial charge in [-0.1, -0.05) is 65.9 Å². The van der Waals surface area contributed by atoms with Crippen molar-refractivity contribution in [1.29, 1.82) is 0 Å². The van der Waals surface area contributed by atoms with Crippen LogP contribution >= 0.6 is 11.6 Å². The van der Waals surface area contributed by atoms with E-state index >= 15 is 0 Å². The summed E-state index contributed by atoms with van der Waals surface area (Å²) >= 11 is 6.11. The lowest BCUT2D eigenvalue weighted by Gasteiger charge is -2.06. The van der Waals surface area contributed by atoms with Crippen LogP contribution in [0.2, 0.25) is 5.02 Å². The first kappa shape index (κ1) is 22.5. The van der Waals surface area contributed by atoms with Crippen LogP contribution in [0, 0.1) is 11.8 Å². The predicted molar refractivity (Wildman–Crippen MR) is 137 cm³/mol. The summed E-state index contributed by atoms with van der Waals surface area (Å²) in [6, 6.07) is 22.1. The van der Waals surface area contributed by atoms with E-state index in [-0.39, 0.29) is 23.5 Å². The number of hydrogen-bond acceptors (Lipinski definition) is 4. The number of aliphatic hydroxyl groups excluding tert-OH is 1. The molecule has 0 saturated carbocycles. The summed E-state index contributed by atoms with van der Waals surface area (Å²) < 4.78 is 1.41. The van der Waals surface area contributed by atoms with Gasteiger partial charge >= 0.3 is 0 Å². The molecular formula is C28H20ClN3O3. The lowest BCUT2D eigenvalue weighted by molar-refractivity contribution is 0.350. The molecule has 5 aromatic rings. The van der Waals surface area contributed by atoms with E-state index in [4.69, 9.17) is 16.7 Å². The third-order valence-corrected chi connectivity index (χ3v) is 5.94. The highest BCUT2D eigenvalue weighted by Gasteiger charge is 2.19. The molecule has 0 aliphatic rings. The zero-order valence-electron chi connectivity index (χ0n) is 18.5. The maximum absolute atomic E-state index is 13.5. The van der Waals surface area contributed by atoms with E-state index in [0.717, 1.165) is 22.4 Å². The van der Waals surface area contributed by atoms with Crippen LogP contribution in [-0.4, -0.2) is 31.4 Å². The van der Waals surface area contributed by atoms with Crippen molar-refractivity contribution >= 4 is 17.2 Å². The summed E-state index contributed by atoms with van der Waals surface area (Å²) in [5, 5.41) is 23.3. The van der Waals surface area contributed by atoms with Gasteiger partial charge in [0, 0.05) is 40.0 Å². The molecule has 0 aliphatic heterocycles. The topological polar surface area (TPSA) is 90.6 Å². The number of aliphatic hydroxyl groups is 1. The van der Waals surface area contributed by atoms with Crippen molar-refractivity contribution in [3.8, 4) is 39.8 Å². The van der Waals surface area contributed by atoms with Crippen LogP contribution < -0.4 is 5.56 Å². The standard InChI is InChI=1S/C28H20ClN3O3/c29-21-11-9-20(10-12-21)26-24(15-18-5-2-1-3-6-18)31-32-27(26)30-17-23(28(32)35)22-13-8-19(7-4-14-33)16-25(22)34/h1-3,5-6,8-13,16-17,31,33-34H,14-15H2. The van der Waals surface area contributed by atoms with Gasteiger partial charge in [0.25, 0.3) is 5.56 Å². The number of hydrogen-bond donors (Lipinski definition) is 3. The largest absolute Gasteiger partial charge is 0.507 e. The molecule has 0 radical (unpaired) electrons. The van der Waals surface area contributed by atoms with Crippen LogP contribution in [0.4, 0.5) is 0 Å². The number of H-pyrrole nitrogens is 1. The number of nitrogens with zero attached hydrogens (tertiary/aromatic N) is 2. The van der Waals surface area contributed by atoms with E-state index in [1.165, 1.54) is 16.8 Å². The monoisotopic (exact) mass is 481 g/mol. The molecule has 0 unspecified atom stereocenters. The molecule has 3 N–H and O–H groups in total. The highest BCUT2D eigenvalue weighted by molar-refractivity contribution is 6.30. The number of aromatic amines is 1. The van der Waals surface area contributed by atoms with Crippen LogP contribution in [0.3, 0.4) is 0 Å². The van der Waals surface area contributed by atoms with Crippen LogP contribution in [0.1, 0.15) is 16.8 Å². The van der Waals surface area contributed by atoms with Crippen molar-refractivity contribution < 1.29 is 10.2 Å². The summed E-state index contributed by atoms with van der Waals surface area (Å²) in [7, 11) is 0. The zero-order valence-corrected chi connectivity index (χ0v) is 19.3. The average molecular weight is 482 g/mol. The van der Waals surface area contributed by atoms with Gasteiger partial charge in [0.1, 0.15) is 12.4 Å². The third-order valence-electron chi connectivity index (χ3n) is 5.69. The predicted octanol–water partition coefficient (Wildman–Crippen LogP) is 4.65. The molecule has 2 heterocycles. The Morgan fingerprint density at radius 1 is 1.00 bits per heavy atom. The summed E-state index contributed by atoms with van der Waals surface area (Å²) in [6.45, 7) is -0.279. The molecule has 5 rings (SSSR count). The number of phenols is 1. The minimum Gasteiger partial charge on any atom is -0.507 e. The Balaban J connectivity index is 1.68. The number of halogens is 1. The quantitative estimate of drug-likeness (QED) is 0.326. The van der Waals surface area contributed by atoms with E-state index in [9.17, 15) is 9.90 Å². The maximum Gasteiger partial charge on any atom is 0.280 e. The van der Waals surface area contributed by atoms with Gasteiger partial charge in [0.2, 0.25) is 0 Å². The fourth-order valence-electron chi connectivity index (χ4n) is 4.07. The number of rotatable bonds is 4. The third kappa shape index (κ3) is 4.43. The Hall–Kier alpha value is -4.31. The highest BCUT2D eigenvalue weighted by atomic mass is 35.5. The van der Waals surface area contributed by atoms with E-state index in [0.29, 0.717) is 28.2 Å². The van der Waals surface area contributed by atoms with Crippen molar-refractivity contribution in [2.24, 2.45) is 0 Å². The minimum atomic E-state index is -0.339. The molecule has 7 heteroatoms. The summed E-state index contributed by atoms with van der Waals surface area (Å²) in [5.74, 6) is 5.18. The number of nitrogens with one attached hydrogen (secondary N) is 1. The highest BCUT2D eigenvalue weighted by Crippen LogP contribution is 2.32. The molecule has 2 aromatic heterocycles. The van der Waals surface area contributed by atoms with E-state index in [2.05, 4.69) is 21.9 Å². The Bertz CT molecular complexity index is 1640. The normalized spacial score (nSPS) is 10.8. The van der Waals surface area contributed by atoms with Gasteiger partial charge in [0.05, 0.1) is 5.56 Å². The van der Waals surface area contributed by atoms with Crippen molar-refractivity contribution in [3.63, 3.8) is 0 Å². The molecule has 0 fully saturated rings. The second-order valence-corrected chi connectivity index (χ2v) is 8.40. The Morgan fingerprint density at radius 2 is 1.77 bits per heavy atom. The van der Waals surface area contributed by atoms with Crippen LogP contribution in [0.15, 0.2) is 83.8 Å². The number of phenolic OH excluding ortho intramolecular Hbond substituents is 1. The second-order valence-electron chi connectivity index (χ2n) is 7.96. The molecule has 3 aromatic carbocycles. The van der Waals surface area contributed by atoms with Crippen molar-refractivity contribution in [1.82, 2.24) is 14.6 Å². The number of benzene rings is 3. The molecule has 172 valence electrons. The molecule has 0 aliphatic carbocycles. The fraction of sp³-hybridized carbons (Fsp3) is 0.0714. The van der Waals surface area contributed by atoms with Gasteiger partial charge in [-0.05, 0) is 41.5 Å². The van der Waals surface area contributed by atoms with E-state index < -0.39 is 0 Å². The van der Waals surface area contributed by atoms with Crippen molar-refractivity contribution in [2.45, 2.75) is 6.42 Å². The van der Waals surface area contributed by atoms with Crippen LogP contribution in [0.25, 0.3) is 27.9 Å². The lowest BCUT2D eigenvalue weighted by atomic mass is 10.0. The molecule has 0 atom stereocenters. The summed E-state index contributed by atoms with van der Waals surface area (Å²) in [4.78, 5) is 18.2. The fourth-order valence-corrected chi connectivity index (χ4v) is 4.20. The number of aromatic nitrogens is 3. The van der Waals surface area contributed by atoms with Gasteiger partial charge in [-0.25, -0.2) is 9.50 Å². The second kappa shape index (κ2) is 9.51. The van der Waals surface area contributed by atoms with Crippen LogP contribution in [-0.2, 0) is 6.42 Å². The van der Waals surface area contributed by atoms with E-state index in [1.807, 2.05) is 42.5 Å². The Labute approximate surface area is 206 Å². The molecule has 0 amide bonds. The van der Waals surface area contributed by atoms with Crippen molar-refractivity contribution in [2.75, 3.05) is 6.61 Å². The first-order valence-electron chi connectivity index (χ1n) is 10.9. The molecule has 0 saturated heterocycles. The maximum atomic E-state index is 13.5. The molecule has 6 nitrogen and oxygen atoms in total. The summed E-state index contributed by atoms with van der Waals surface area (Å²) in [6.07, 6.45) is 2.05. The van der Waals surface area contributed by atoms with Gasteiger partial charge < -0.3 is 10.2 Å². The molecule has 35 heavy (non-hydrogen) atoms. The number of fused-ring (bicyclic) bond motifs is 1. The van der Waals surface area contributed by atoms with Gasteiger partial charge in [-0.3, -0.25) is 9.89 Å². The summed E-state index contributed by atoms with van der Waals surface area (Å²) in [5.41, 5.74) is 4.88. The Morgan fingerprint density at radius 3 is 2.49 bits per heavy atom. The number of aromatic hydroxyl groups is 1.